The van der Waals surface area contributed by atoms with E-state index in [4.69, 9.17) is 5.11 Å². The van der Waals surface area contributed by atoms with E-state index in [1.807, 2.05) is 11.8 Å². The van der Waals surface area contributed by atoms with Gasteiger partial charge in [-0.05, 0) is 24.6 Å². The Hall–Kier alpha value is -1.53. The Balaban J connectivity index is 2.77. The largest absolute Gasteiger partial charge is 0.395 e. The van der Waals surface area contributed by atoms with E-state index in [9.17, 15) is 14.5 Å². The van der Waals surface area contributed by atoms with Crippen LogP contribution in [0.2, 0.25) is 0 Å². The predicted molar refractivity (Wildman–Crippen MR) is 65.7 cm³/mol. The summed E-state index contributed by atoms with van der Waals surface area (Å²) in [6.07, 6.45) is 0.926. The molecule has 0 aliphatic rings. The number of halogens is 1. The summed E-state index contributed by atoms with van der Waals surface area (Å²) < 4.78 is 13.4. The van der Waals surface area contributed by atoms with Gasteiger partial charge in [0.25, 0.3) is 0 Å². The zero-order chi connectivity index (χ0) is 13.5. The van der Waals surface area contributed by atoms with Crippen LogP contribution in [0.1, 0.15) is 18.9 Å². The van der Waals surface area contributed by atoms with Crippen LogP contribution in [0.4, 0.5) is 10.1 Å². The third kappa shape index (κ3) is 4.05. The molecule has 0 fully saturated rings. The number of nitro benzene ring substituents is 1. The summed E-state index contributed by atoms with van der Waals surface area (Å²) in [7, 11) is 0. The molecule has 6 heteroatoms. The smallest absolute Gasteiger partial charge is 0.304 e. The Morgan fingerprint density at radius 1 is 1.44 bits per heavy atom. The molecule has 0 aromatic heterocycles. The number of rotatable bonds is 7. The molecular weight excluding hydrogens is 239 g/mol. The lowest BCUT2D eigenvalue weighted by Gasteiger charge is -2.20. The fourth-order valence-corrected chi connectivity index (χ4v) is 1.78. The highest BCUT2D eigenvalue weighted by Gasteiger charge is 2.14. The topological polar surface area (TPSA) is 66.6 Å². The van der Waals surface area contributed by atoms with E-state index in [1.165, 1.54) is 12.1 Å². The van der Waals surface area contributed by atoms with E-state index in [-0.39, 0.29) is 6.61 Å². The number of aliphatic hydroxyl groups is 1. The number of nitro groups is 1. The molecule has 0 heterocycles. The van der Waals surface area contributed by atoms with Gasteiger partial charge in [0.15, 0.2) is 0 Å². The summed E-state index contributed by atoms with van der Waals surface area (Å²) in [5.41, 5.74) is 0.156. The van der Waals surface area contributed by atoms with Gasteiger partial charge in [0.05, 0.1) is 11.5 Å². The first-order valence-corrected chi connectivity index (χ1v) is 5.84. The average molecular weight is 256 g/mol. The molecule has 0 atom stereocenters. The number of nitrogens with zero attached hydrogens (tertiary/aromatic N) is 2. The fraction of sp³-hybridized carbons (Fsp3) is 0.500. The van der Waals surface area contributed by atoms with Gasteiger partial charge in [-0.25, -0.2) is 0 Å². The van der Waals surface area contributed by atoms with E-state index >= 15 is 0 Å². The van der Waals surface area contributed by atoms with E-state index in [0.717, 1.165) is 13.0 Å². The molecule has 18 heavy (non-hydrogen) atoms. The lowest BCUT2D eigenvalue weighted by Crippen LogP contribution is -2.27. The third-order valence-corrected chi connectivity index (χ3v) is 2.57. The van der Waals surface area contributed by atoms with Crippen LogP contribution in [0.3, 0.4) is 0 Å². The van der Waals surface area contributed by atoms with Crippen molar-refractivity contribution in [2.24, 2.45) is 0 Å². The molecule has 1 aromatic rings. The number of aliphatic hydroxyl groups excluding tert-OH is 1. The van der Waals surface area contributed by atoms with Crippen LogP contribution in [0.15, 0.2) is 18.2 Å². The lowest BCUT2D eigenvalue weighted by atomic mass is 10.2. The number of hydrogen-bond acceptors (Lipinski definition) is 4. The Kier molecular flexibility index (Phi) is 5.67. The molecule has 0 saturated heterocycles. The minimum Gasteiger partial charge on any atom is -0.395 e. The molecule has 1 aromatic carbocycles. The van der Waals surface area contributed by atoms with Crippen molar-refractivity contribution in [3.8, 4) is 0 Å². The van der Waals surface area contributed by atoms with E-state index < -0.39 is 16.4 Å². The Labute approximate surface area is 105 Å². The lowest BCUT2D eigenvalue weighted by molar-refractivity contribution is -0.387. The Morgan fingerprint density at radius 3 is 2.67 bits per heavy atom. The van der Waals surface area contributed by atoms with Crippen LogP contribution >= 0.6 is 0 Å². The fourth-order valence-electron chi connectivity index (χ4n) is 1.78. The Morgan fingerprint density at radius 2 is 2.17 bits per heavy atom. The van der Waals surface area contributed by atoms with Crippen LogP contribution in [-0.4, -0.2) is 34.6 Å². The molecule has 0 bridgehead atoms. The third-order valence-electron chi connectivity index (χ3n) is 2.57. The minimum absolute atomic E-state index is 0.0372. The summed E-state index contributed by atoms with van der Waals surface area (Å²) in [5.74, 6) is -0.821. The van der Waals surface area contributed by atoms with Crippen molar-refractivity contribution in [1.82, 2.24) is 4.90 Å². The summed E-state index contributed by atoms with van der Waals surface area (Å²) >= 11 is 0. The van der Waals surface area contributed by atoms with Gasteiger partial charge in [-0.2, -0.15) is 4.39 Å². The summed E-state index contributed by atoms with van der Waals surface area (Å²) in [5, 5.41) is 19.4. The maximum atomic E-state index is 13.4. The average Bonchev–Trinajstić information content (AvgIpc) is 2.29. The van der Waals surface area contributed by atoms with Crippen molar-refractivity contribution in [3.63, 3.8) is 0 Å². The standard InChI is InChI=1S/C12H17FN2O3/c1-2-5-14(6-7-16)9-10-3-4-12(15(17)18)11(13)8-10/h3-4,8,16H,2,5-7,9H2,1H3. The van der Waals surface area contributed by atoms with Crippen molar-refractivity contribution < 1.29 is 14.4 Å². The zero-order valence-electron chi connectivity index (χ0n) is 10.3. The normalized spacial score (nSPS) is 10.9. The van der Waals surface area contributed by atoms with Crippen molar-refractivity contribution in [3.05, 3.63) is 39.7 Å². The molecule has 5 nitrogen and oxygen atoms in total. The van der Waals surface area contributed by atoms with Gasteiger partial charge >= 0.3 is 5.69 Å². The monoisotopic (exact) mass is 256 g/mol. The van der Waals surface area contributed by atoms with Gasteiger partial charge in [-0.1, -0.05) is 13.0 Å². The molecule has 100 valence electrons. The SMILES string of the molecule is CCCN(CCO)Cc1ccc([N+](=O)[O-])c(F)c1. The van der Waals surface area contributed by atoms with Gasteiger partial charge in [0, 0.05) is 19.2 Å². The maximum Gasteiger partial charge on any atom is 0.304 e. The van der Waals surface area contributed by atoms with Gasteiger partial charge in [0.1, 0.15) is 0 Å². The summed E-state index contributed by atoms with van der Waals surface area (Å²) in [6, 6.07) is 3.90. The molecule has 0 spiro atoms. The highest BCUT2D eigenvalue weighted by molar-refractivity contribution is 5.34. The maximum absolute atomic E-state index is 13.4. The van der Waals surface area contributed by atoms with Crippen molar-refractivity contribution in [2.45, 2.75) is 19.9 Å². The first kappa shape index (κ1) is 14.5. The van der Waals surface area contributed by atoms with Crippen molar-refractivity contribution in [2.75, 3.05) is 19.7 Å². The highest BCUT2D eigenvalue weighted by atomic mass is 19.1. The number of hydrogen-bond donors (Lipinski definition) is 1. The molecule has 0 aliphatic heterocycles. The molecule has 0 unspecified atom stereocenters. The molecule has 1 rings (SSSR count). The molecule has 0 aliphatic carbocycles. The van der Waals surface area contributed by atoms with E-state index in [0.29, 0.717) is 18.7 Å². The van der Waals surface area contributed by atoms with E-state index in [2.05, 4.69) is 0 Å². The van der Waals surface area contributed by atoms with Crippen LogP contribution in [0.5, 0.6) is 0 Å². The molecular formula is C12H17FN2O3. The van der Waals surface area contributed by atoms with Crippen molar-refractivity contribution >= 4 is 5.69 Å². The van der Waals surface area contributed by atoms with E-state index in [1.54, 1.807) is 6.07 Å². The Bertz CT molecular complexity index is 406. The summed E-state index contributed by atoms with van der Waals surface area (Å²) in [4.78, 5) is 11.7. The summed E-state index contributed by atoms with van der Waals surface area (Å²) in [6.45, 7) is 3.82. The van der Waals surface area contributed by atoms with Crippen LogP contribution < -0.4 is 0 Å². The van der Waals surface area contributed by atoms with Gasteiger partial charge in [0.2, 0.25) is 5.82 Å². The first-order valence-electron chi connectivity index (χ1n) is 5.84. The van der Waals surface area contributed by atoms with Crippen LogP contribution in [-0.2, 0) is 6.54 Å². The minimum atomic E-state index is -0.821. The second-order valence-electron chi connectivity index (χ2n) is 4.04. The van der Waals surface area contributed by atoms with Gasteiger partial charge < -0.3 is 5.11 Å². The second-order valence-corrected chi connectivity index (χ2v) is 4.04. The quantitative estimate of drug-likeness (QED) is 0.598. The predicted octanol–water partition coefficient (Wildman–Crippen LogP) is 1.94. The van der Waals surface area contributed by atoms with Gasteiger partial charge in [-0.3, -0.25) is 15.0 Å². The molecule has 0 radical (unpaired) electrons. The molecule has 0 saturated carbocycles. The van der Waals surface area contributed by atoms with Gasteiger partial charge in [-0.15, -0.1) is 0 Å². The van der Waals surface area contributed by atoms with Crippen LogP contribution in [0, 0.1) is 15.9 Å². The molecule has 1 N–H and O–H groups in total. The highest BCUT2D eigenvalue weighted by Crippen LogP contribution is 2.18. The zero-order valence-corrected chi connectivity index (χ0v) is 10.3. The van der Waals surface area contributed by atoms with Crippen molar-refractivity contribution in [1.29, 1.82) is 0 Å². The second kappa shape index (κ2) is 7.03. The van der Waals surface area contributed by atoms with Crippen LogP contribution in [0.25, 0.3) is 0 Å². The molecule has 0 amide bonds. The number of benzene rings is 1. The first-order chi connectivity index (χ1) is 8.58.